The molecular weight excluding hydrogens is 1160 g/mol. The number of aryl methyl sites for hydroxylation is 10. The molecule has 3 N–H and O–H groups in total. The van der Waals surface area contributed by atoms with Gasteiger partial charge in [-0.15, -0.1) is 0 Å². The molecule has 12 heterocycles. The molecule has 0 atom stereocenters. The van der Waals surface area contributed by atoms with Crippen molar-refractivity contribution in [2.24, 2.45) is 42.3 Å². The Hall–Kier alpha value is -11.3. The van der Waals surface area contributed by atoms with Crippen LogP contribution in [0.4, 0.5) is 34.4 Å². The number of methoxy groups -OCH3 is 4. The summed E-state index contributed by atoms with van der Waals surface area (Å²) < 4.78 is 32.8. The molecule has 0 aliphatic rings. The second-order valence-corrected chi connectivity index (χ2v) is 21.5. The Bertz CT molecular complexity index is 4660. The van der Waals surface area contributed by atoms with Gasteiger partial charge in [-0.2, -0.15) is 20.4 Å². The van der Waals surface area contributed by atoms with E-state index in [-0.39, 0.29) is 11.4 Å². The van der Waals surface area contributed by atoms with E-state index in [1.165, 1.54) is 13.3 Å². The van der Waals surface area contributed by atoms with E-state index in [0.29, 0.717) is 28.7 Å². The summed E-state index contributed by atoms with van der Waals surface area (Å²) in [5.41, 5.74) is 26.3. The highest BCUT2D eigenvalue weighted by atomic mass is 16.6. The summed E-state index contributed by atoms with van der Waals surface area (Å²) in [6.07, 6.45) is 13.5. The van der Waals surface area contributed by atoms with E-state index in [0.717, 1.165) is 130 Å². The van der Waals surface area contributed by atoms with E-state index in [1.54, 1.807) is 69.5 Å². The smallest absolute Gasteiger partial charge is 0.329 e. The van der Waals surface area contributed by atoms with Gasteiger partial charge in [-0.25, -0.2) is 24.9 Å². The summed E-state index contributed by atoms with van der Waals surface area (Å²) in [6.45, 7) is 15.8. The number of nitro groups is 1. The van der Waals surface area contributed by atoms with Gasteiger partial charge in [0.05, 0.1) is 139 Å². The number of hydrogen-bond acceptors (Lipinski definition) is 21. The van der Waals surface area contributed by atoms with E-state index >= 15 is 0 Å². The summed E-state index contributed by atoms with van der Waals surface area (Å²) in [4.78, 5) is 47.6. The van der Waals surface area contributed by atoms with Crippen LogP contribution in [0, 0.1) is 65.5 Å². The Kier molecular flexibility index (Phi) is 18.7. The topological polar surface area (TPSA) is 306 Å². The van der Waals surface area contributed by atoms with Crippen molar-refractivity contribution in [1.82, 2.24) is 88.1 Å². The average molecular weight is 1240 g/mol. The van der Waals surface area contributed by atoms with Crippen LogP contribution < -0.4 is 34.9 Å². The molecule has 28 nitrogen and oxygen atoms in total. The summed E-state index contributed by atoms with van der Waals surface area (Å²) in [6, 6.07) is 11.2. The first-order chi connectivity index (χ1) is 43.4. The number of nitrogen functional groups attached to an aromatic ring is 1. The molecule has 12 aromatic rings. The van der Waals surface area contributed by atoms with Crippen molar-refractivity contribution in [1.29, 1.82) is 0 Å². The predicted octanol–water partition coefficient (Wildman–Crippen LogP) is 10.00. The first-order valence-electron chi connectivity index (χ1n) is 28.5. The number of hydrogen-bond donors (Lipinski definition) is 2. The minimum atomic E-state index is -0.515. The molecule has 472 valence electrons. The van der Waals surface area contributed by atoms with Crippen molar-refractivity contribution in [2.75, 3.05) is 51.4 Å². The molecule has 0 unspecified atom stereocenters. The zero-order chi connectivity index (χ0) is 65.9. The monoisotopic (exact) mass is 1230 g/mol. The number of fused-ring (bicyclic) bond motifs is 2. The van der Waals surface area contributed by atoms with E-state index in [9.17, 15) is 10.1 Å². The number of nitrogens with zero attached hydrogens (tertiary/aromatic N) is 20. The number of nitrogens with one attached hydrogen (secondary N) is 1. The maximum atomic E-state index is 10.8. The number of anilines is 5. The van der Waals surface area contributed by atoms with Crippen LogP contribution in [0.2, 0.25) is 0 Å². The van der Waals surface area contributed by atoms with Crippen molar-refractivity contribution in [2.45, 2.75) is 55.4 Å². The fourth-order valence-electron chi connectivity index (χ4n) is 10.6. The second kappa shape index (κ2) is 26.6. The number of ether oxygens (including phenoxy) is 4. The van der Waals surface area contributed by atoms with Crippen LogP contribution in [0.3, 0.4) is 0 Å². The Labute approximate surface area is 525 Å². The number of pyridine rings is 6. The first-order valence-corrected chi connectivity index (χ1v) is 28.5. The maximum Gasteiger partial charge on any atom is 0.329 e. The fourth-order valence-corrected chi connectivity index (χ4v) is 10.6. The zero-order valence-corrected chi connectivity index (χ0v) is 54.6. The molecule has 0 saturated heterocycles. The third-order valence-corrected chi connectivity index (χ3v) is 15.8. The lowest BCUT2D eigenvalue weighted by Crippen LogP contribution is -2.13. The lowest BCUT2D eigenvalue weighted by atomic mass is 10.1. The van der Waals surface area contributed by atoms with Gasteiger partial charge < -0.3 is 44.0 Å². The van der Waals surface area contributed by atoms with Crippen molar-refractivity contribution < 1.29 is 23.9 Å². The van der Waals surface area contributed by atoms with Gasteiger partial charge in [-0.1, -0.05) is 0 Å². The molecule has 91 heavy (non-hydrogen) atoms. The van der Waals surface area contributed by atoms with Gasteiger partial charge in [0.25, 0.3) is 0 Å². The average Bonchev–Trinajstić information content (AvgIpc) is 1.97. The summed E-state index contributed by atoms with van der Waals surface area (Å²) in [5, 5.41) is 31.7. The molecular formula is C63H74N22O6. The van der Waals surface area contributed by atoms with Gasteiger partial charge in [-0.3, -0.25) is 43.8 Å². The lowest BCUT2D eigenvalue weighted by molar-refractivity contribution is -0.386. The van der Waals surface area contributed by atoms with Gasteiger partial charge in [0.2, 0.25) is 5.75 Å². The SMILES string of the molecule is COc1cc(-c2c(C)nn(C)c2C)ncc1N.COc1cc(-c2c(C)nn(C)c2C)ncc1N(C)c1cc2c(cn1)ncn2C.COc1cc(-c2c(C)nn(C)c2C)ncc1Nc1cc2c(cn1)ncn2C.COc1cc(-c2c(C)nn(C)c2C)ncc1[N+](=O)[O-]. The molecule has 0 aliphatic heterocycles. The van der Waals surface area contributed by atoms with Gasteiger partial charge >= 0.3 is 5.69 Å². The van der Waals surface area contributed by atoms with E-state index in [2.05, 4.69) is 65.6 Å². The maximum absolute atomic E-state index is 10.8. The minimum Gasteiger partial charge on any atom is -0.494 e. The number of nitrogens with two attached hydrogens (primary N) is 1. The van der Waals surface area contributed by atoms with Gasteiger partial charge in [0.15, 0.2) is 0 Å². The van der Waals surface area contributed by atoms with Crippen molar-refractivity contribution in [3.63, 3.8) is 0 Å². The minimum absolute atomic E-state index is 0.148. The van der Waals surface area contributed by atoms with Crippen LogP contribution >= 0.6 is 0 Å². The molecule has 0 radical (unpaired) electrons. The number of imidazole rings is 2. The highest BCUT2D eigenvalue weighted by molar-refractivity contribution is 5.82. The second-order valence-electron chi connectivity index (χ2n) is 21.5. The van der Waals surface area contributed by atoms with Crippen LogP contribution in [-0.4, -0.2) is 129 Å². The third-order valence-electron chi connectivity index (χ3n) is 15.8. The van der Waals surface area contributed by atoms with Crippen molar-refractivity contribution in [3.05, 3.63) is 142 Å². The Morgan fingerprint density at radius 3 is 1.31 bits per heavy atom. The lowest BCUT2D eigenvalue weighted by Gasteiger charge is -2.21. The van der Waals surface area contributed by atoms with E-state index in [4.69, 9.17) is 24.7 Å². The van der Waals surface area contributed by atoms with E-state index < -0.39 is 4.92 Å². The predicted molar refractivity (Wildman–Crippen MR) is 349 cm³/mol. The molecule has 0 amide bonds. The molecule has 0 aromatic carbocycles. The highest BCUT2D eigenvalue weighted by Gasteiger charge is 2.23. The van der Waals surface area contributed by atoms with Crippen LogP contribution in [0.5, 0.6) is 23.0 Å². The number of rotatable bonds is 13. The first kappa shape index (κ1) is 64.2. The van der Waals surface area contributed by atoms with Crippen LogP contribution in [0.25, 0.3) is 67.1 Å². The largest absolute Gasteiger partial charge is 0.494 e. The Morgan fingerprint density at radius 2 is 0.868 bits per heavy atom. The molecule has 12 rings (SSSR count). The normalized spacial score (nSPS) is 10.9. The van der Waals surface area contributed by atoms with E-state index in [1.807, 2.05) is 169 Å². The summed E-state index contributed by atoms with van der Waals surface area (Å²) >= 11 is 0. The highest BCUT2D eigenvalue weighted by Crippen LogP contribution is 2.38. The quantitative estimate of drug-likeness (QED) is 0.0801. The van der Waals surface area contributed by atoms with Crippen molar-refractivity contribution in [3.8, 4) is 68.0 Å². The zero-order valence-electron chi connectivity index (χ0n) is 54.6. The molecule has 12 aromatic heterocycles. The van der Waals surface area contributed by atoms with Gasteiger partial charge in [0, 0.05) is 131 Å². The third kappa shape index (κ3) is 13.0. The molecule has 0 saturated carbocycles. The van der Waals surface area contributed by atoms with Gasteiger partial charge in [-0.05, 0) is 55.4 Å². The molecule has 0 bridgehead atoms. The number of aromatic nitrogens is 18. The van der Waals surface area contributed by atoms with Crippen LogP contribution in [-0.2, 0) is 42.3 Å². The summed E-state index contributed by atoms with van der Waals surface area (Å²) in [7, 11) is 19.8. The summed E-state index contributed by atoms with van der Waals surface area (Å²) in [5.74, 6) is 3.73. The van der Waals surface area contributed by atoms with Crippen molar-refractivity contribution >= 4 is 56.5 Å². The fraction of sp³-hybridized carbons (Fsp3) is 0.302. The van der Waals surface area contributed by atoms with Gasteiger partial charge in [0.1, 0.15) is 57.5 Å². The molecule has 0 fully saturated rings. The standard InChI is InChI=1S/C20H23N7O.C19H21N7O.C12H14N4O3.C12H16N4O/c1-12-20(13(2)27(5)24-12)14-7-18(28-6)17(10-21-14)26(4)19-8-16-15(9-22-19)23-11-25(16)3;1-11-19(12(2)26(4)24-11)13-6-17(27-5)15(9-20-13)23-18-7-16-14(8-21-18)22-10-25(16)3;1-7-12(8(2)15(3)14-7)9-5-11(19-4)10(6-13-9)16(17)18;1-7-12(8(2)16(3)15-7)10-5-11(17-4)9(13)6-14-10/h7-11H,1-6H3;6-10H,1-5H3,(H,21,23);5-6H,1-4H3;5-6H,13H2,1-4H3. The molecule has 0 spiro atoms. The Balaban J connectivity index is 0.000000147. The molecule has 0 aliphatic carbocycles. The van der Waals surface area contributed by atoms with Crippen LogP contribution in [0.15, 0.2) is 86.2 Å². The van der Waals surface area contributed by atoms with Crippen LogP contribution in [0.1, 0.15) is 45.6 Å². The Morgan fingerprint density at radius 1 is 0.473 bits per heavy atom. The molecule has 28 heteroatoms.